The van der Waals surface area contributed by atoms with Gasteiger partial charge in [0.25, 0.3) is 11.6 Å². The first-order valence-corrected chi connectivity index (χ1v) is 9.57. The molecule has 9 nitrogen and oxygen atoms in total. The van der Waals surface area contributed by atoms with Crippen molar-refractivity contribution in [3.8, 4) is 5.75 Å². The number of amides is 1. The maximum Gasteiger partial charge on any atom is 0.341 e. The minimum absolute atomic E-state index is 0.0481. The van der Waals surface area contributed by atoms with Crippen LogP contribution in [0.2, 0.25) is 0 Å². The number of rotatable bonds is 7. The number of nitro benzene ring substituents is 1. The van der Waals surface area contributed by atoms with Crippen LogP contribution in [0.5, 0.6) is 5.75 Å². The van der Waals surface area contributed by atoms with E-state index in [1.165, 1.54) is 30.5 Å². The van der Waals surface area contributed by atoms with Crippen molar-refractivity contribution in [3.63, 3.8) is 0 Å². The van der Waals surface area contributed by atoms with Crippen LogP contribution in [0.4, 0.5) is 5.69 Å². The zero-order valence-electron chi connectivity index (χ0n) is 15.1. The highest BCUT2D eigenvalue weighted by molar-refractivity contribution is 8.26. The van der Waals surface area contributed by atoms with Gasteiger partial charge in [0.05, 0.1) is 16.0 Å². The molecule has 0 unspecified atom stereocenters. The Bertz CT molecular complexity index is 1080. The number of hydrogen-bond donors (Lipinski definition) is 1. The van der Waals surface area contributed by atoms with Gasteiger partial charge in [-0.25, -0.2) is 4.79 Å². The van der Waals surface area contributed by atoms with E-state index in [1.807, 2.05) is 0 Å². The number of ether oxygens (including phenoxy) is 1. The van der Waals surface area contributed by atoms with Crippen molar-refractivity contribution >= 4 is 58.2 Å². The molecule has 0 saturated carbocycles. The summed E-state index contributed by atoms with van der Waals surface area (Å²) in [6.45, 7) is -0.510. The smallest absolute Gasteiger partial charge is 0.341 e. The van der Waals surface area contributed by atoms with Crippen LogP contribution in [0.1, 0.15) is 11.1 Å². The van der Waals surface area contributed by atoms with Gasteiger partial charge < -0.3 is 9.84 Å². The number of nitrogens with zero attached hydrogens (tertiary/aromatic N) is 3. The lowest BCUT2D eigenvalue weighted by Gasteiger charge is -2.09. The number of carbonyl (C=O) groups is 2. The van der Waals surface area contributed by atoms with E-state index in [2.05, 4.69) is 5.10 Å². The summed E-state index contributed by atoms with van der Waals surface area (Å²) in [5, 5.41) is 24.7. The summed E-state index contributed by atoms with van der Waals surface area (Å²) in [6.07, 6.45) is 2.93. The molecule has 0 aliphatic carbocycles. The summed E-state index contributed by atoms with van der Waals surface area (Å²) >= 11 is 6.27. The molecule has 1 fully saturated rings. The number of thiocarbonyl (C=S) groups is 1. The summed E-state index contributed by atoms with van der Waals surface area (Å²) in [5.74, 6) is -1.26. The molecule has 1 aliphatic heterocycles. The molecule has 0 bridgehead atoms. The SMILES string of the molecule is O=C(O)COc1ccccc1C=NN1C(=O)C(=Cc2ccc([N+](=O)[O-])cc2)SC1=S. The van der Waals surface area contributed by atoms with Crippen LogP contribution < -0.4 is 4.74 Å². The number of hydrazone groups is 1. The molecule has 0 spiro atoms. The van der Waals surface area contributed by atoms with Gasteiger partial charge in [0, 0.05) is 17.7 Å². The molecule has 11 heteroatoms. The lowest BCUT2D eigenvalue weighted by atomic mass is 10.2. The van der Waals surface area contributed by atoms with Gasteiger partial charge in [-0.2, -0.15) is 10.1 Å². The van der Waals surface area contributed by atoms with Crippen LogP contribution in [-0.4, -0.2) is 44.1 Å². The van der Waals surface area contributed by atoms with Crippen LogP contribution in [0.15, 0.2) is 58.5 Å². The fourth-order valence-electron chi connectivity index (χ4n) is 2.38. The number of carbonyl (C=O) groups excluding carboxylic acids is 1. The topological polar surface area (TPSA) is 122 Å². The van der Waals surface area contributed by atoms with E-state index in [4.69, 9.17) is 22.1 Å². The quantitative estimate of drug-likeness (QED) is 0.227. The van der Waals surface area contributed by atoms with Crippen molar-refractivity contribution in [2.24, 2.45) is 5.10 Å². The molecule has 30 heavy (non-hydrogen) atoms. The molecule has 1 saturated heterocycles. The first-order valence-electron chi connectivity index (χ1n) is 8.35. The Morgan fingerprint density at radius 2 is 1.97 bits per heavy atom. The number of carboxylic acids is 1. The number of aliphatic carboxylic acids is 1. The van der Waals surface area contributed by atoms with Gasteiger partial charge in [0.15, 0.2) is 10.9 Å². The standard InChI is InChI=1S/C19H13N3O6S2/c23-17(24)11-28-15-4-2-1-3-13(15)10-20-21-18(25)16(30-19(21)29)9-12-5-7-14(8-6-12)22(26)27/h1-10H,11H2,(H,23,24). The Labute approximate surface area is 179 Å². The lowest BCUT2D eigenvalue weighted by Crippen LogP contribution is -2.22. The van der Waals surface area contributed by atoms with Crippen molar-refractivity contribution in [2.45, 2.75) is 0 Å². The van der Waals surface area contributed by atoms with E-state index in [1.54, 1.807) is 30.3 Å². The highest BCUT2D eigenvalue weighted by Crippen LogP contribution is 2.33. The van der Waals surface area contributed by atoms with Crippen LogP contribution in [0.3, 0.4) is 0 Å². The van der Waals surface area contributed by atoms with Crippen molar-refractivity contribution in [1.82, 2.24) is 5.01 Å². The highest BCUT2D eigenvalue weighted by atomic mass is 32.2. The molecule has 1 N–H and O–H groups in total. The predicted octanol–water partition coefficient (Wildman–Crippen LogP) is 3.29. The molecule has 0 atom stereocenters. The number of carboxylic acid groups (broad SMARTS) is 1. The maximum absolute atomic E-state index is 12.6. The molecule has 3 rings (SSSR count). The molecule has 152 valence electrons. The fourth-order valence-corrected chi connectivity index (χ4v) is 3.55. The predicted molar refractivity (Wildman–Crippen MR) is 115 cm³/mol. The molecular formula is C19H13N3O6S2. The van der Waals surface area contributed by atoms with Crippen molar-refractivity contribution in [1.29, 1.82) is 0 Å². The minimum atomic E-state index is -1.12. The first kappa shape index (κ1) is 21.1. The monoisotopic (exact) mass is 443 g/mol. The van der Waals surface area contributed by atoms with Gasteiger partial charge in [0.2, 0.25) is 0 Å². The molecule has 2 aromatic rings. The number of benzene rings is 2. The summed E-state index contributed by atoms with van der Waals surface area (Å²) in [7, 11) is 0. The van der Waals surface area contributed by atoms with Gasteiger partial charge in [-0.1, -0.05) is 23.9 Å². The Morgan fingerprint density at radius 1 is 1.27 bits per heavy atom. The molecule has 1 aliphatic rings. The average molecular weight is 443 g/mol. The molecular weight excluding hydrogens is 430 g/mol. The maximum atomic E-state index is 12.6. The van der Waals surface area contributed by atoms with Crippen molar-refractivity contribution in [3.05, 3.63) is 74.7 Å². The highest BCUT2D eigenvalue weighted by Gasteiger charge is 2.32. The van der Waals surface area contributed by atoms with E-state index in [-0.39, 0.29) is 10.0 Å². The second-order valence-electron chi connectivity index (χ2n) is 5.81. The zero-order valence-corrected chi connectivity index (χ0v) is 16.8. The van der Waals surface area contributed by atoms with E-state index in [0.717, 1.165) is 16.8 Å². The Hall–Kier alpha value is -3.57. The summed E-state index contributed by atoms with van der Waals surface area (Å²) < 4.78 is 5.42. The third-order valence-corrected chi connectivity index (χ3v) is 5.04. The summed E-state index contributed by atoms with van der Waals surface area (Å²) in [4.78, 5) is 33.9. The van der Waals surface area contributed by atoms with E-state index >= 15 is 0 Å². The summed E-state index contributed by atoms with van der Waals surface area (Å²) in [5.41, 5.74) is 1.04. The second kappa shape index (κ2) is 9.29. The van der Waals surface area contributed by atoms with Gasteiger partial charge in [-0.05, 0) is 48.1 Å². The normalized spacial score (nSPS) is 15.2. The fraction of sp³-hybridized carbons (Fsp3) is 0.0526. The number of para-hydroxylation sites is 1. The summed E-state index contributed by atoms with van der Waals surface area (Å²) in [6, 6.07) is 12.4. The average Bonchev–Trinajstić information content (AvgIpc) is 2.98. The largest absolute Gasteiger partial charge is 0.481 e. The third kappa shape index (κ3) is 5.07. The van der Waals surface area contributed by atoms with Crippen LogP contribution >= 0.6 is 24.0 Å². The minimum Gasteiger partial charge on any atom is -0.481 e. The van der Waals surface area contributed by atoms with E-state index in [0.29, 0.717) is 21.8 Å². The Morgan fingerprint density at radius 3 is 2.63 bits per heavy atom. The second-order valence-corrected chi connectivity index (χ2v) is 7.48. The Balaban J connectivity index is 1.77. The molecule has 2 aromatic carbocycles. The van der Waals surface area contributed by atoms with Gasteiger partial charge >= 0.3 is 5.97 Å². The van der Waals surface area contributed by atoms with Crippen LogP contribution in [0, 0.1) is 10.1 Å². The van der Waals surface area contributed by atoms with E-state index in [9.17, 15) is 19.7 Å². The third-order valence-electron chi connectivity index (χ3n) is 3.76. The van der Waals surface area contributed by atoms with Gasteiger partial charge in [-0.15, -0.1) is 0 Å². The lowest BCUT2D eigenvalue weighted by molar-refractivity contribution is -0.384. The van der Waals surface area contributed by atoms with Gasteiger partial charge in [-0.3, -0.25) is 14.9 Å². The number of thioether (sulfide) groups is 1. The molecule has 1 amide bonds. The van der Waals surface area contributed by atoms with Crippen LogP contribution in [0.25, 0.3) is 6.08 Å². The number of non-ortho nitro benzene ring substituents is 1. The number of hydrogen-bond acceptors (Lipinski definition) is 8. The number of nitro groups is 1. The van der Waals surface area contributed by atoms with Crippen molar-refractivity contribution < 1.29 is 24.4 Å². The van der Waals surface area contributed by atoms with Crippen molar-refractivity contribution in [2.75, 3.05) is 6.61 Å². The van der Waals surface area contributed by atoms with E-state index < -0.39 is 23.4 Å². The molecule has 0 radical (unpaired) electrons. The Kier molecular flexibility index (Phi) is 6.54. The molecule has 1 heterocycles. The zero-order chi connectivity index (χ0) is 21.7. The molecule has 0 aromatic heterocycles. The first-order chi connectivity index (χ1) is 14.3. The van der Waals surface area contributed by atoms with Gasteiger partial charge in [0.1, 0.15) is 5.75 Å². The van der Waals surface area contributed by atoms with Crippen LogP contribution in [-0.2, 0) is 9.59 Å².